The van der Waals surface area contributed by atoms with E-state index in [0.29, 0.717) is 54.1 Å². The van der Waals surface area contributed by atoms with Gasteiger partial charge in [0.25, 0.3) is 11.8 Å². The van der Waals surface area contributed by atoms with Gasteiger partial charge in [0.1, 0.15) is 35.2 Å². The van der Waals surface area contributed by atoms with Crippen molar-refractivity contribution in [3.63, 3.8) is 0 Å². The number of hydrogen-bond acceptors (Lipinski definition) is 13. The van der Waals surface area contributed by atoms with Gasteiger partial charge in [-0.3, -0.25) is 29.4 Å². The van der Waals surface area contributed by atoms with Crippen molar-refractivity contribution in [1.29, 1.82) is 0 Å². The van der Waals surface area contributed by atoms with Crippen LogP contribution in [0.4, 0.5) is 21.7 Å². The number of piperidine rings is 1. The summed E-state index contributed by atoms with van der Waals surface area (Å²) in [5.41, 5.74) is 13.8. The van der Waals surface area contributed by atoms with Crippen LogP contribution in [0.15, 0.2) is 85.3 Å². The van der Waals surface area contributed by atoms with Gasteiger partial charge in [-0.05, 0) is 72.0 Å². The number of methoxy groups -OCH3 is 1. The maximum atomic E-state index is 13.8. The molecule has 334 valence electrons. The fourth-order valence-electron chi connectivity index (χ4n) is 8.74. The van der Waals surface area contributed by atoms with Gasteiger partial charge in [0.2, 0.25) is 11.8 Å². The lowest BCUT2D eigenvalue weighted by atomic mass is 10.1. The molecule has 18 heteroatoms. The van der Waals surface area contributed by atoms with Crippen LogP contribution in [-0.4, -0.2) is 99.6 Å². The number of aromatic nitrogens is 5. The summed E-state index contributed by atoms with van der Waals surface area (Å²) in [7, 11) is 1.44. The number of fused-ring (bicyclic) bond motifs is 2. The van der Waals surface area contributed by atoms with Crippen LogP contribution in [-0.2, 0) is 29.2 Å². The Hall–Kier alpha value is -7.47. The Bertz CT molecular complexity index is 2740. The highest BCUT2D eigenvalue weighted by atomic mass is 19.1. The third kappa shape index (κ3) is 9.43. The van der Waals surface area contributed by atoms with Gasteiger partial charge in [0, 0.05) is 94.8 Å². The number of rotatable bonds is 10. The topological polar surface area (TPSA) is 206 Å². The van der Waals surface area contributed by atoms with Gasteiger partial charge in [-0.15, -0.1) is 0 Å². The summed E-state index contributed by atoms with van der Waals surface area (Å²) in [5.74, 6) is 0.380. The minimum Gasteiger partial charge on any atom is -0.496 e. The molecule has 65 heavy (non-hydrogen) atoms. The molecule has 1 atom stereocenters. The van der Waals surface area contributed by atoms with E-state index in [2.05, 4.69) is 64.9 Å². The minimum absolute atomic E-state index is 0.0153. The van der Waals surface area contributed by atoms with E-state index in [-0.39, 0.29) is 35.9 Å². The van der Waals surface area contributed by atoms with Crippen LogP contribution in [0.5, 0.6) is 5.75 Å². The Labute approximate surface area is 374 Å². The number of nitrogens with one attached hydrogen (secondary N) is 3. The highest BCUT2D eigenvalue weighted by Crippen LogP contribution is 2.35. The number of nitrogen functional groups attached to an aromatic ring is 1. The van der Waals surface area contributed by atoms with Gasteiger partial charge < -0.3 is 30.9 Å². The first-order valence-corrected chi connectivity index (χ1v) is 21.7. The van der Waals surface area contributed by atoms with Crippen LogP contribution >= 0.6 is 0 Å². The number of carbonyl (C=O) groups is 4. The molecule has 5 N–H and O–H groups in total. The highest BCUT2D eigenvalue weighted by molar-refractivity contribution is 6.00. The van der Waals surface area contributed by atoms with Gasteiger partial charge in [-0.1, -0.05) is 30.3 Å². The molecule has 0 bridgehead atoms. The van der Waals surface area contributed by atoms with Crippen LogP contribution in [0.3, 0.4) is 0 Å². The number of imide groups is 1. The van der Waals surface area contributed by atoms with Gasteiger partial charge in [0.15, 0.2) is 5.65 Å². The van der Waals surface area contributed by atoms with Crippen molar-refractivity contribution in [1.82, 2.24) is 45.6 Å². The smallest absolute Gasteiger partial charge is 0.255 e. The highest BCUT2D eigenvalue weighted by Gasteiger charge is 2.30. The summed E-state index contributed by atoms with van der Waals surface area (Å²) in [5, 5.41) is 13.7. The molecule has 4 aliphatic rings. The lowest BCUT2D eigenvalue weighted by Crippen LogP contribution is -2.46. The Balaban J connectivity index is 0.000000603. The number of halogens is 1. The number of carbonyl (C=O) groups excluding carboxylic acids is 4. The number of hydrogen-bond donors (Lipinski definition) is 4. The van der Waals surface area contributed by atoms with Crippen molar-refractivity contribution >= 4 is 52.0 Å². The average molecular weight is 881 g/mol. The lowest BCUT2D eigenvalue weighted by molar-refractivity contribution is -0.132. The number of benzene rings is 3. The Morgan fingerprint density at radius 1 is 0.892 bits per heavy atom. The quantitative estimate of drug-likeness (QED) is 0.141. The van der Waals surface area contributed by atoms with Crippen LogP contribution in [0, 0.1) is 5.82 Å². The van der Waals surface area contributed by atoms with E-state index in [1.165, 1.54) is 36.8 Å². The van der Waals surface area contributed by atoms with Crippen molar-refractivity contribution in [2.75, 3.05) is 61.9 Å². The number of amides is 4. The van der Waals surface area contributed by atoms with Crippen molar-refractivity contribution in [2.45, 2.75) is 51.4 Å². The maximum Gasteiger partial charge on any atom is 0.255 e. The first kappa shape index (κ1) is 42.8. The van der Waals surface area contributed by atoms with Crippen molar-refractivity contribution in [3.05, 3.63) is 119 Å². The predicted molar refractivity (Wildman–Crippen MR) is 242 cm³/mol. The first-order chi connectivity index (χ1) is 31.6. The molecule has 3 aromatic carbocycles. The van der Waals surface area contributed by atoms with Crippen LogP contribution in [0.2, 0.25) is 0 Å². The zero-order valence-electron chi connectivity index (χ0n) is 35.9. The Kier molecular flexibility index (Phi) is 12.3. The summed E-state index contributed by atoms with van der Waals surface area (Å²) in [6, 6.07) is 22.0. The predicted octanol–water partition coefficient (Wildman–Crippen LogP) is 4.38. The van der Waals surface area contributed by atoms with Gasteiger partial charge >= 0.3 is 0 Å². The van der Waals surface area contributed by atoms with Crippen molar-refractivity contribution < 1.29 is 28.3 Å². The molecule has 4 aliphatic heterocycles. The average Bonchev–Trinajstić information content (AvgIpc) is 4.07. The summed E-state index contributed by atoms with van der Waals surface area (Å²) >= 11 is 0. The summed E-state index contributed by atoms with van der Waals surface area (Å²) in [4.78, 5) is 66.4. The summed E-state index contributed by atoms with van der Waals surface area (Å²) < 4.78 is 21.0. The third-order valence-electron chi connectivity index (χ3n) is 12.3. The van der Waals surface area contributed by atoms with E-state index in [9.17, 15) is 23.6 Å². The molecule has 17 nitrogen and oxygen atoms in total. The molecule has 10 rings (SSSR count). The number of pyridine rings is 1. The molecule has 6 aromatic rings. The number of nitrogens with zero attached hydrogens (tertiary/aromatic N) is 8. The molecule has 3 aromatic heterocycles. The van der Waals surface area contributed by atoms with E-state index >= 15 is 0 Å². The molecule has 3 saturated heterocycles. The molecular formula is C47H49FN12O5. The second-order valence-electron chi connectivity index (χ2n) is 16.5. The normalized spacial score (nSPS) is 17.3. The number of anilines is 3. The van der Waals surface area contributed by atoms with Gasteiger partial charge in [-0.25, -0.2) is 24.0 Å². The number of ether oxygens (including phenoxy) is 1. The fourth-order valence-corrected chi connectivity index (χ4v) is 8.74. The van der Waals surface area contributed by atoms with Gasteiger partial charge in [0.05, 0.1) is 24.1 Å². The molecule has 0 aliphatic carbocycles. The summed E-state index contributed by atoms with van der Waals surface area (Å²) in [6.45, 7) is 7.00. The van der Waals surface area contributed by atoms with Crippen molar-refractivity contribution in [3.8, 4) is 17.0 Å². The zero-order valence-corrected chi connectivity index (χ0v) is 35.9. The molecule has 4 amide bonds. The van der Waals surface area contributed by atoms with E-state index in [1.807, 2.05) is 41.2 Å². The molecule has 0 radical (unpaired) electrons. The molecular weight excluding hydrogens is 832 g/mol. The molecule has 7 heterocycles. The van der Waals surface area contributed by atoms with Crippen molar-refractivity contribution in [2.24, 2.45) is 0 Å². The SMILES string of the molecule is COc1ccc(F)cc1C(=O)NCc1ccc(-c2nn(C3CCN(c4ccc(CN5CCN(c6ccc7c(c6)CNC7=O)CC5)cn4)C3)c3ncnc(N)c23)cc1.O=C1CCCC(=O)N1. The zero-order chi connectivity index (χ0) is 45.0. The first-order valence-electron chi connectivity index (χ1n) is 21.7. The third-order valence-corrected chi connectivity index (χ3v) is 12.3. The second kappa shape index (κ2) is 18.7. The molecule has 3 fully saturated rings. The second-order valence-corrected chi connectivity index (χ2v) is 16.5. The maximum absolute atomic E-state index is 13.8. The fraction of sp³-hybridized carbons (Fsp3) is 0.319. The number of piperazine rings is 1. The largest absolute Gasteiger partial charge is 0.496 e. The number of nitrogens with two attached hydrogens (primary N) is 1. The van der Waals surface area contributed by atoms with E-state index in [1.54, 1.807) is 0 Å². The standard InChI is InChI=1S/C42H42FN11O3.C5H7NO2/c1-57-35-10-7-30(43)19-34(35)42(56)46-20-26-2-5-28(6-3-26)38-37-39(44)48-25-49-40(37)54(50-38)32-12-13-53(24-32)36-11-4-27(21-45-36)23-51-14-16-52(17-15-51)31-8-9-33-29(18-31)22-47-41(33)55;7-4-2-1-3-5(8)6-4/h2-11,18-19,21,25,32H,12-17,20,22-24H2,1H3,(H,46,56)(H,47,55)(H2,44,48,49);1-3H2,(H,6,7,8). The lowest BCUT2D eigenvalue weighted by Gasteiger charge is -2.36. The van der Waals surface area contributed by atoms with E-state index < -0.39 is 11.7 Å². The molecule has 0 spiro atoms. The minimum atomic E-state index is -0.514. The van der Waals surface area contributed by atoms with Crippen LogP contribution < -0.4 is 36.2 Å². The Morgan fingerprint density at radius 2 is 1.68 bits per heavy atom. The van der Waals surface area contributed by atoms with Gasteiger partial charge in [-0.2, -0.15) is 5.10 Å². The molecule has 1 unspecified atom stereocenters. The Morgan fingerprint density at radius 3 is 2.40 bits per heavy atom. The van der Waals surface area contributed by atoms with E-state index in [0.717, 1.165) is 86.4 Å². The monoisotopic (exact) mass is 880 g/mol. The summed E-state index contributed by atoms with van der Waals surface area (Å²) in [6.07, 6.45) is 6.05. The molecule has 0 saturated carbocycles. The van der Waals surface area contributed by atoms with Crippen LogP contribution in [0.1, 0.15) is 69.1 Å². The van der Waals surface area contributed by atoms with E-state index in [4.69, 9.17) is 20.6 Å². The van der Waals surface area contributed by atoms with Crippen LogP contribution in [0.25, 0.3) is 22.3 Å².